The van der Waals surface area contributed by atoms with Gasteiger partial charge in [0.25, 0.3) is 0 Å². The molecule has 1 aliphatic carbocycles. The molecule has 0 radical (unpaired) electrons. The summed E-state index contributed by atoms with van der Waals surface area (Å²) in [6, 6.07) is 3.82. The van der Waals surface area contributed by atoms with Gasteiger partial charge >= 0.3 is 6.09 Å². The molecular weight excluding hydrogens is 664 g/mol. The summed E-state index contributed by atoms with van der Waals surface area (Å²) in [6.07, 6.45) is -0.845. The highest BCUT2D eigenvalue weighted by Gasteiger charge is 2.49. The molecule has 3 heterocycles. The number of hydrogen-bond acceptors (Lipinski definition) is 7. The number of ether oxygens (including phenoxy) is 2. The highest BCUT2D eigenvalue weighted by Crippen LogP contribution is 2.39. The number of para-hydroxylation sites is 1. The van der Waals surface area contributed by atoms with E-state index in [2.05, 4.69) is 15.5 Å². The Balaban J connectivity index is 1.45. The maximum Gasteiger partial charge on any atom is 0.407 e. The summed E-state index contributed by atoms with van der Waals surface area (Å²) in [5, 5.41) is 16.1. The molecule has 3 aliphatic heterocycles. The van der Waals surface area contributed by atoms with Crippen LogP contribution >= 0.6 is 0 Å². The Kier molecular flexibility index (Phi) is 12.2. The smallest absolute Gasteiger partial charge is 0.407 e. The number of alkyl halides is 2. The normalized spacial score (nSPS) is 26.2. The van der Waals surface area contributed by atoms with Gasteiger partial charge in [0.1, 0.15) is 23.9 Å². The summed E-state index contributed by atoms with van der Waals surface area (Å²) in [5.41, 5.74) is 0.389. The van der Waals surface area contributed by atoms with Crippen molar-refractivity contribution in [1.29, 1.82) is 0 Å². The minimum absolute atomic E-state index is 0.00333. The van der Waals surface area contributed by atoms with Crippen molar-refractivity contribution in [2.75, 3.05) is 39.4 Å². The summed E-state index contributed by atoms with van der Waals surface area (Å²) in [4.78, 5) is 60.3. The van der Waals surface area contributed by atoms with Crippen molar-refractivity contribution in [3.05, 3.63) is 29.8 Å². The van der Waals surface area contributed by atoms with Gasteiger partial charge in [0.15, 0.2) is 0 Å². The Morgan fingerprint density at radius 1 is 1.08 bits per heavy atom. The van der Waals surface area contributed by atoms with Crippen LogP contribution in [0.15, 0.2) is 24.3 Å². The molecule has 0 spiro atoms. The number of piperazine rings is 1. The van der Waals surface area contributed by atoms with Crippen LogP contribution in [0.5, 0.6) is 5.75 Å². The molecule has 284 valence electrons. The summed E-state index contributed by atoms with van der Waals surface area (Å²) in [7, 11) is 0. The molecule has 5 rings (SSSR count). The highest BCUT2D eigenvalue weighted by atomic mass is 19.3. The van der Waals surface area contributed by atoms with Gasteiger partial charge < -0.3 is 30.1 Å². The zero-order valence-electron chi connectivity index (χ0n) is 30.5. The number of fused-ring (bicyclic) bond motifs is 2. The quantitative estimate of drug-likeness (QED) is 0.305. The van der Waals surface area contributed by atoms with Crippen LogP contribution in [0.3, 0.4) is 0 Å². The van der Waals surface area contributed by atoms with E-state index in [1.165, 1.54) is 4.90 Å². The molecule has 2 saturated heterocycles. The minimum Gasteiger partial charge on any atom is -0.493 e. The van der Waals surface area contributed by atoms with Crippen LogP contribution in [0.4, 0.5) is 13.6 Å². The van der Waals surface area contributed by atoms with Gasteiger partial charge in [-0.15, -0.1) is 0 Å². The number of halogens is 2. The summed E-state index contributed by atoms with van der Waals surface area (Å²) in [5.74, 6) is -4.33. The Morgan fingerprint density at radius 2 is 1.78 bits per heavy atom. The molecule has 1 aromatic carbocycles. The molecule has 4 amide bonds. The second kappa shape index (κ2) is 16.0. The van der Waals surface area contributed by atoms with Crippen LogP contribution in [0, 0.1) is 11.3 Å². The predicted octanol–water partition coefficient (Wildman–Crippen LogP) is 4.43. The molecule has 0 unspecified atom stereocenters. The first-order valence-electron chi connectivity index (χ1n) is 18.5. The lowest BCUT2D eigenvalue weighted by molar-refractivity contribution is -0.151. The van der Waals surface area contributed by atoms with E-state index in [1.54, 1.807) is 6.92 Å². The standard InChI is InChI=1S/C37H55F2N5O7/c1-6-28(44(35(48)49)22-36(3,4)5)32(45)41-31(23-12-15-37(38,39)16-13-23)34(47)43-19-24-18-25(50-7-2)20-42(24)21-29(43)33(46)40-27-14-17-51-30-11-9-8-10-26(27)30/h8-11,23-25,27-29,31H,6-7,12-22H2,1-5H3,(H,40,46)(H,41,45)(H,48,49)/t24-,25-,27-,28+,29+,31+/m1/s1. The zero-order valence-corrected chi connectivity index (χ0v) is 30.5. The molecule has 14 heteroatoms. The van der Waals surface area contributed by atoms with Gasteiger partial charge in [0, 0.05) is 63.7 Å². The Bertz CT molecular complexity index is 1410. The van der Waals surface area contributed by atoms with Crippen molar-refractivity contribution in [3.8, 4) is 5.75 Å². The van der Waals surface area contributed by atoms with Crippen molar-refractivity contribution >= 4 is 23.8 Å². The van der Waals surface area contributed by atoms with Crippen LogP contribution in [-0.2, 0) is 19.1 Å². The number of carbonyl (C=O) groups is 4. The molecule has 0 bridgehead atoms. The van der Waals surface area contributed by atoms with Gasteiger partial charge in [-0.05, 0) is 50.0 Å². The highest BCUT2D eigenvalue weighted by molar-refractivity contribution is 5.94. The first-order chi connectivity index (χ1) is 24.1. The van der Waals surface area contributed by atoms with Crippen LogP contribution in [0.1, 0.15) is 91.2 Å². The fourth-order valence-electron chi connectivity index (χ4n) is 8.19. The van der Waals surface area contributed by atoms with Gasteiger partial charge in [-0.2, -0.15) is 0 Å². The van der Waals surface area contributed by atoms with Crippen molar-refractivity contribution in [1.82, 2.24) is 25.3 Å². The minimum atomic E-state index is -2.88. The Labute approximate surface area is 299 Å². The molecular formula is C37H55F2N5O7. The number of carbonyl (C=O) groups excluding carboxylic acids is 3. The molecule has 12 nitrogen and oxygen atoms in total. The maximum absolute atomic E-state index is 14.9. The molecule has 51 heavy (non-hydrogen) atoms. The first kappa shape index (κ1) is 38.7. The molecule has 1 saturated carbocycles. The number of rotatable bonds is 11. The number of nitrogens with zero attached hydrogens (tertiary/aromatic N) is 3. The van der Waals surface area contributed by atoms with E-state index in [0.717, 1.165) is 10.5 Å². The van der Waals surface area contributed by atoms with Crippen LogP contribution in [-0.4, -0.2) is 119 Å². The third-order valence-corrected chi connectivity index (χ3v) is 10.7. The number of carboxylic acid groups (broad SMARTS) is 1. The second-order valence-electron chi connectivity index (χ2n) is 15.7. The van der Waals surface area contributed by atoms with Crippen molar-refractivity contribution in [2.24, 2.45) is 11.3 Å². The Morgan fingerprint density at radius 3 is 2.43 bits per heavy atom. The zero-order chi connectivity index (χ0) is 37.1. The molecule has 4 aliphatic rings. The van der Waals surface area contributed by atoms with Crippen molar-refractivity contribution < 1.29 is 42.5 Å². The fourth-order valence-corrected chi connectivity index (χ4v) is 8.19. The molecule has 1 aromatic rings. The molecule has 6 atom stereocenters. The number of amides is 4. The lowest BCUT2D eigenvalue weighted by Gasteiger charge is -2.45. The third-order valence-electron chi connectivity index (χ3n) is 10.7. The average Bonchev–Trinajstić information content (AvgIpc) is 3.47. The summed E-state index contributed by atoms with van der Waals surface area (Å²) >= 11 is 0. The Hall–Kier alpha value is -3.52. The van der Waals surface area contributed by atoms with Crippen molar-refractivity contribution in [3.63, 3.8) is 0 Å². The topological polar surface area (TPSA) is 141 Å². The van der Waals surface area contributed by atoms with E-state index in [1.807, 2.05) is 52.0 Å². The van der Waals surface area contributed by atoms with Crippen molar-refractivity contribution in [2.45, 2.75) is 122 Å². The van der Waals surface area contributed by atoms with Crippen LogP contribution in [0.2, 0.25) is 0 Å². The average molecular weight is 720 g/mol. The fraction of sp³-hybridized carbons (Fsp3) is 0.730. The lowest BCUT2D eigenvalue weighted by atomic mass is 9.81. The molecule has 3 fully saturated rings. The second-order valence-corrected chi connectivity index (χ2v) is 15.7. The van der Waals surface area contributed by atoms with E-state index in [9.17, 15) is 33.1 Å². The summed E-state index contributed by atoms with van der Waals surface area (Å²) in [6.45, 7) is 11.3. The van der Waals surface area contributed by atoms with E-state index in [0.29, 0.717) is 38.3 Å². The summed E-state index contributed by atoms with van der Waals surface area (Å²) < 4.78 is 40.5. The van der Waals surface area contributed by atoms with Gasteiger partial charge in [0.2, 0.25) is 23.6 Å². The number of hydrogen-bond donors (Lipinski definition) is 3. The van der Waals surface area contributed by atoms with Crippen LogP contribution in [0.25, 0.3) is 0 Å². The van der Waals surface area contributed by atoms with Gasteiger partial charge in [-0.25, -0.2) is 13.6 Å². The van der Waals surface area contributed by atoms with E-state index >= 15 is 0 Å². The SMILES string of the molecule is CCO[C@@H]1C[C@@H]2CN(C(=O)[C@@H](NC(=O)[C@H](CC)N(CC(C)(C)C)C(=O)O)C3CCC(F)(F)CC3)[C@H](C(=O)N[C@@H]3CCOc4ccccc43)CN2C1. The van der Waals surface area contributed by atoms with Crippen LogP contribution < -0.4 is 15.4 Å². The largest absolute Gasteiger partial charge is 0.493 e. The maximum atomic E-state index is 14.9. The predicted molar refractivity (Wildman–Crippen MR) is 185 cm³/mol. The van der Waals surface area contributed by atoms with E-state index in [-0.39, 0.29) is 63.0 Å². The molecule has 3 N–H and O–H groups in total. The van der Waals surface area contributed by atoms with E-state index < -0.39 is 66.1 Å². The first-order valence-corrected chi connectivity index (χ1v) is 18.5. The lowest BCUT2D eigenvalue weighted by Crippen LogP contribution is -2.67. The molecule has 0 aromatic heterocycles. The number of benzene rings is 1. The van der Waals surface area contributed by atoms with Gasteiger partial charge in [-0.3, -0.25) is 24.2 Å². The monoisotopic (exact) mass is 719 g/mol. The van der Waals surface area contributed by atoms with E-state index in [4.69, 9.17) is 9.47 Å². The van der Waals surface area contributed by atoms with Gasteiger partial charge in [-0.1, -0.05) is 45.9 Å². The van der Waals surface area contributed by atoms with Gasteiger partial charge in [0.05, 0.1) is 18.8 Å². The third kappa shape index (κ3) is 9.29. The number of nitrogens with one attached hydrogen (secondary N) is 2.